The number of rotatable bonds is 7. The van der Waals surface area contributed by atoms with E-state index in [1.165, 1.54) is 0 Å². The van der Waals surface area contributed by atoms with Gasteiger partial charge in [-0.15, -0.1) is 0 Å². The zero-order valence-corrected chi connectivity index (χ0v) is 12.6. The van der Waals surface area contributed by atoms with Crippen molar-refractivity contribution in [1.29, 1.82) is 0 Å². The quantitative estimate of drug-likeness (QED) is 0.706. The lowest BCUT2D eigenvalue weighted by Crippen LogP contribution is -2.38. The van der Waals surface area contributed by atoms with E-state index in [4.69, 9.17) is 0 Å². The largest absolute Gasteiger partial charge is 0.305 e. The van der Waals surface area contributed by atoms with E-state index in [-0.39, 0.29) is 11.2 Å². The van der Waals surface area contributed by atoms with Crippen LogP contribution in [0.5, 0.6) is 0 Å². The van der Waals surface area contributed by atoms with E-state index in [9.17, 15) is 4.79 Å². The summed E-state index contributed by atoms with van der Waals surface area (Å²) in [5.74, 6) is 1.32. The fourth-order valence-corrected chi connectivity index (χ4v) is 2.55. The summed E-state index contributed by atoms with van der Waals surface area (Å²) in [5, 5.41) is 0. The molecule has 18 heavy (non-hydrogen) atoms. The van der Waals surface area contributed by atoms with Gasteiger partial charge in [-0.05, 0) is 13.3 Å². The van der Waals surface area contributed by atoms with E-state index in [1.54, 1.807) is 0 Å². The van der Waals surface area contributed by atoms with E-state index < -0.39 is 0 Å². The number of nitrogens with zero attached hydrogens (tertiary/aromatic N) is 1. The van der Waals surface area contributed by atoms with Crippen LogP contribution in [-0.4, -0.2) is 42.8 Å². The number of benzene rings is 1. The zero-order chi connectivity index (χ0) is 13.6. The van der Waals surface area contributed by atoms with E-state index in [0.29, 0.717) is 0 Å². The number of carbonyl (C=O) groups is 1. The molecule has 2 nitrogen and oxygen atoms in total. The minimum atomic E-state index is -0.339. The van der Waals surface area contributed by atoms with Gasteiger partial charge in [-0.1, -0.05) is 44.2 Å². The average Bonchev–Trinajstić information content (AvgIpc) is 2.36. The van der Waals surface area contributed by atoms with Gasteiger partial charge in [0.1, 0.15) is 0 Å². The third kappa shape index (κ3) is 4.46. The Morgan fingerprint density at radius 2 is 1.89 bits per heavy atom. The normalized spacial score (nSPS) is 11.8. The van der Waals surface area contributed by atoms with Gasteiger partial charge in [0, 0.05) is 29.8 Å². The minimum absolute atomic E-state index is 0.221. The molecular formula is C15H23NOS. The van der Waals surface area contributed by atoms with Gasteiger partial charge in [0.05, 0.1) is 0 Å². The summed E-state index contributed by atoms with van der Waals surface area (Å²) in [6, 6.07) is 9.56. The van der Waals surface area contributed by atoms with Crippen molar-refractivity contribution >= 4 is 17.5 Å². The predicted octanol–water partition coefficient (Wildman–Crippen LogP) is 3.19. The highest BCUT2D eigenvalue weighted by molar-refractivity contribution is 7.98. The van der Waals surface area contributed by atoms with Crippen molar-refractivity contribution in [2.45, 2.75) is 13.8 Å². The predicted molar refractivity (Wildman–Crippen MR) is 80.4 cm³/mol. The molecule has 3 heteroatoms. The smallest absolute Gasteiger partial charge is 0.169 e. The monoisotopic (exact) mass is 265 g/mol. The Morgan fingerprint density at radius 1 is 1.28 bits per heavy atom. The highest BCUT2D eigenvalue weighted by atomic mass is 32.2. The van der Waals surface area contributed by atoms with Gasteiger partial charge < -0.3 is 4.90 Å². The van der Waals surface area contributed by atoms with Gasteiger partial charge >= 0.3 is 0 Å². The first-order valence-electron chi connectivity index (χ1n) is 6.24. The van der Waals surface area contributed by atoms with Crippen molar-refractivity contribution in [1.82, 2.24) is 4.90 Å². The van der Waals surface area contributed by atoms with E-state index in [2.05, 4.69) is 18.2 Å². The Kier molecular flexibility index (Phi) is 5.89. The molecule has 0 amide bonds. The number of hydrogen-bond donors (Lipinski definition) is 0. The molecule has 0 bridgehead atoms. The zero-order valence-electron chi connectivity index (χ0n) is 11.8. The van der Waals surface area contributed by atoms with Crippen molar-refractivity contribution in [3.8, 4) is 0 Å². The van der Waals surface area contributed by atoms with E-state index in [0.717, 1.165) is 24.4 Å². The average molecular weight is 265 g/mol. The van der Waals surface area contributed by atoms with Crippen LogP contribution in [0.15, 0.2) is 30.3 Å². The van der Waals surface area contributed by atoms with Crippen LogP contribution in [0.4, 0.5) is 0 Å². The van der Waals surface area contributed by atoms with Crippen molar-refractivity contribution in [3.05, 3.63) is 35.9 Å². The van der Waals surface area contributed by atoms with Crippen LogP contribution in [0.2, 0.25) is 0 Å². The summed E-state index contributed by atoms with van der Waals surface area (Å²) in [7, 11) is 2.08. The van der Waals surface area contributed by atoms with Gasteiger partial charge in [0.2, 0.25) is 0 Å². The van der Waals surface area contributed by atoms with Crippen LogP contribution in [-0.2, 0) is 0 Å². The molecule has 0 radical (unpaired) electrons. The lowest BCUT2D eigenvalue weighted by atomic mass is 9.84. The van der Waals surface area contributed by atoms with Crippen LogP contribution in [0, 0.1) is 5.41 Å². The summed E-state index contributed by atoms with van der Waals surface area (Å²) in [6.45, 7) is 5.86. The Morgan fingerprint density at radius 3 is 2.44 bits per heavy atom. The fourth-order valence-electron chi connectivity index (χ4n) is 2.05. The van der Waals surface area contributed by atoms with Gasteiger partial charge in [-0.3, -0.25) is 4.79 Å². The minimum Gasteiger partial charge on any atom is -0.305 e. The van der Waals surface area contributed by atoms with Crippen LogP contribution >= 0.6 is 11.8 Å². The van der Waals surface area contributed by atoms with Crippen LogP contribution in [0.3, 0.4) is 0 Å². The molecule has 0 atom stereocenters. The second-order valence-corrected chi connectivity index (χ2v) is 6.30. The summed E-state index contributed by atoms with van der Waals surface area (Å²) >= 11 is 1.83. The second-order valence-electron chi connectivity index (χ2n) is 5.31. The Hall–Kier alpha value is -0.800. The van der Waals surface area contributed by atoms with Crippen molar-refractivity contribution in [2.75, 3.05) is 32.1 Å². The molecular weight excluding hydrogens is 242 g/mol. The number of thioether (sulfide) groups is 1. The Balaban J connectivity index is 2.65. The van der Waals surface area contributed by atoms with Gasteiger partial charge in [-0.2, -0.15) is 11.8 Å². The molecule has 0 aliphatic heterocycles. The third-order valence-corrected chi connectivity index (χ3v) is 3.58. The SMILES string of the molecule is CSCCN(C)CC(C)(C)C(=O)c1ccccc1. The Bertz CT molecular complexity index is 375. The van der Waals surface area contributed by atoms with E-state index >= 15 is 0 Å². The number of carbonyl (C=O) groups excluding carboxylic acids is 1. The van der Waals surface area contributed by atoms with Crippen LogP contribution < -0.4 is 0 Å². The molecule has 0 saturated carbocycles. The maximum Gasteiger partial charge on any atom is 0.169 e. The summed E-state index contributed by atoms with van der Waals surface area (Å²) in [6.07, 6.45) is 2.11. The summed E-state index contributed by atoms with van der Waals surface area (Å²) < 4.78 is 0. The maximum absolute atomic E-state index is 12.4. The van der Waals surface area contributed by atoms with Gasteiger partial charge in [0.15, 0.2) is 5.78 Å². The van der Waals surface area contributed by atoms with Gasteiger partial charge in [0.25, 0.3) is 0 Å². The number of Topliss-reactive ketones (excluding diaryl/α,β-unsaturated/α-hetero) is 1. The standard InChI is InChI=1S/C15H23NOS/c1-15(2,12-16(3)10-11-18-4)14(17)13-8-6-5-7-9-13/h5-9H,10-12H2,1-4H3. The van der Waals surface area contributed by atoms with Crippen LogP contribution in [0.25, 0.3) is 0 Å². The number of ketones is 1. The molecule has 1 aromatic carbocycles. The first-order chi connectivity index (χ1) is 8.47. The molecule has 0 unspecified atom stereocenters. The molecule has 0 fully saturated rings. The Labute approximate surface area is 115 Å². The summed E-state index contributed by atoms with van der Waals surface area (Å²) in [5.41, 5.74) is 0.467. The topological polar surface area (TPSA) is 20.3 Å². The first kappa shape index (κ1) is 15.3. The third-order valence-electron chi connectivity index (χ3n) is 2.99. The highest BCUT2D eigenvalue weighted by Crippen LogP contribution is 2.23. The van der Waals surface area contributed by atoms with Crippen molar-refractivity contribution < 1.29 is 4.79 Å². The molecule has 0 aromatic heterocycles. The highest BCUT2D eigenvalue weighted by Gasteiger charge is 2.29. The second kappa shape index (κ2) is 6.95. The molecule has 0 aliphatic carbocycles. The number of hydrogen-bond acceptors (Lipinski definition) is 3. The molecule has 0 spiro atoms. The van der Waals surface area contributed by atoms with E-state index in [1.807, 2.05) is 55.9 Å². The van der Waals surface area contributed by atoms with Crippen molar-refractivity contribution in [3.63, 3.8) is 0 Å². The first-order valence-corrected chi connectivity index (χ1v) is 7.64. The lowest BCUT2D eigenvalue weighted by molar-refractivity contribution is 0.0787. The van der Waals surface area contributed by atoms with Crippen LogP contribution in [0.1, 0.15) is 24.2 Å². The molecule has 0 aliphatic rings. The molecule has 100 valence electrons. The molecule has 0 heterocycles. The molecule has 1 aromatic rings. The lowest BCUT2D eigenvalue weighted by Gasteiger charge is -2.29. The molecule has 1 rings (SSSR count). The maximum atomic E-state index is 12.4. The molecule has 0 saturated heterocycles. The summed E-state index contributed by atoms with van der Waals surface area (Å²) in [4.78, 5) is 14.7. The molecule has 0 N–H and O–H groups in total. The fraction of sp³-hybridized carbons (Fsp3) is 0.533. The van der Waals surface area contributed by atoms with Crippen molar-refractivity contribution in [2.24, 2.45) is 5.41 Å². The van der Waals surface area contributed by atoms with Gasteiger partial charge in [-0.25, -0.2) is 0 Å².